The van der Waals surface area contributed by atoms with Gasteiger partial charge in [-0.15, -0.1) is 11.3 Å². The molecule has 0 N–H and O–H groups in total. The van der Waals surface area contributed by atoms with Gasteiger partial charge in [-0.25, -0.2) is 9.97 Å². The molecule has 44 heavy (non-hydrogen) atoms. The van der Waals surface area contributed by atoms with Gasteiger partial charge in [-0.3, -0.25) is 14.2 Å². The maximum absolute atomic E-state index is 14.4. The van der Waals surface area contributed by atoms with Gasteiger partial charge in [0.15, 0.2) is 0 Å². The number of nitrogens with zero attached hydrogens (tertiary/aromatic N) is 4. The minimum Gasteiger partial charge on any atom is -0.476 e. The van der Waals surface area contributed by atoms with E-state index in [1.54, 1.807) is 35.4 Å². The molecule has 5 rings (SSSR count). The Morgan fingerprint density at radius 3 is 2.45 bits per heavy atom. The first-order valence-electron chi connectivity index (χ1n) is 14.1. The Kier molecular flexibility index (Phi) is 9.26. The molecule has 1 aliphatic heterocycles. The molecule has 0 atom stereocenters. The van der Waals surface area contributed by atoms with Gasteiger partial charge >= 0.3 is 6.18 Å². The molecule has 0 aliphatic carbocycles. The molecule has 0 radical (unpaired) electrons. The van der Waals surface area contributed by atoms with Crippen LogP contribution < -0.4 is 10.3 Å². The highest BCUT2D eigenvalue weighted by Gasteiger charge is 2.30. The van der Waals surface area contributed by atoms with Crippen LogP contribution in [-0.4, -0.2) is 45.0 Å². The van der Waals surface area contributed by atoms with Gasteiger partial charge in [0, 0.05) is 30.2 Å². The third kappa shape index (κ3) is 6.58. The van der Waals surface area contributed by atoms with Crippen LogP contribution in [0.3, 0.4) is 0 Å². The van der Waals surface area contributed by atoms with E-state index in [9.17, 15) is 22.8 Å². The van der Waals surface area contributed by atoms with Crippen molar-refractivity contribution in [3.05, 3.63) is 85.7 Å². The topological polar surface area (TPSA) is 77.3 Å². The molecule has 4 aromatic rings. The van der Waals surface area contributed by atoms with E-state index in [0.29, 0.717) is 40.6 Å². The quantitative estimate of drug-likeness (QED) is 0.203. The molecule has 1 aromatic carbocycles. The number of aromatic nitrogens is 3. The van der Waals surface area contributed by atoms with Crippen molar-refractivity contribution in [1.82, 2.24) is 19.4 Å². The molecule has 0 bridgehead atoms. The lowest BCUT2D eigenvalue weighted by Gasteiger charge is -2.28. The third-order valence-corrected chi connectivity index (χ3v) is 8.18. The van der Waals surface area contributed by atoms with Crippen molar-refractivity contribution in [2.75, 3.05) is 19.7 Å². The van der Waals surface area contributed by atoms with Crippen LogP contribution in [0.5, 0.6) is 5.88 Å². The maximum atomic E-state index is 14.4. The van der Waals surface area contributed by atoms with Crippen molar-refractivity contribution >= 4 is 34.9 Å². The van der Waals surface area contributed by atoms with E-state index in [2.05, 4.69) is 9.97 Å². The predicted octanol–water partition coefficient (Wildman–Crippen LogP) is 8.14. The molecule has 0 unspecified atom stereocenters. The first-order valence-corrected chi connectivity index (χ1v) is 15.4. The molecule has 1 amide bonds. The van der Waals surface area contributed by atoms with E-state index in [-0.39, 0.29) is 34.7 Å². The summed E-state index contributed by atoms with van der Waals surface area (Å²) in [6, 6.07) is 7.80. The summed E-state index contributed by atoms with van der Waals surface area (Å²) in [5.74, 6) is -0.0554. The van der Waals surface area contributed by atoms with Crippen molar-refractivity contribution in [2.24, 2.45) is 0 Å². The Hall–Kier alpha value is -3.96. The number of rotatable bonds is 7. The van der Waals surface area contributed by atoms with E-state index in [4.69, 9.17) is 16.3 Å². The molecule has 4 heterocycles. The molecular weight excluding hydrogens is 613 g/mol. The lowest BCUT2D eigenvalue weighted by molar-refractivity contribution is -0.137. The minimum absolute atomic E-state index is 0.154. The normalized spacial score (nSPS) is 13.6. The number of ether oxygens (including phenoxy) is 1. The van der Waals surface area contributed by atoms with E-state index in [0.717, 1.165) is 48.3 Å². The predicted molar refractivity (Wildman–Crippen MR) is 167 cm³/mol. The Balaban J connectivity index is 1.75. The maximum Gasteiger partial charge on any atom is 0.416 e. The number of amides is 1. The molecular formula is C32H30ClF3N4O3S. The molecule has 1 fully saturated rings. The fourth-order valence-electron chi connectivity index (χ4n) is 5.06. The zero-order valence-corrected chi connectivity index (χ0v) is 25.9. The van der Waals surface area contributed by atoms with E-state index in [1.807, 2.05) is 13.8 Å². The fraction of sp³-hybridized carbons (Fsp3) is 0.312. The fourth-order valence-corrected chi connectivity index (χ4v) is 6.05. The van der Waals surface area contributed by atoms with Crippen LogP contribution in [0.25, 0.3) is 33.6 Å². The van der Waals surface area contributed by atoms with Crippen molar-refractivity contribution in [3.63, 3.8) is 0 Å². The van der Waals surface area contributed by atoms with Gasteiger partial charge in [0.2, 0.25) is 5.88 Å². The summed E-state index contributed by atoms with van der Waals surface area (Å²) in [6.07, 6.45) is 1.53. The first-order chi connectivity index (χ1) is 21.0. The van der Waals surface area contributed by atoms with Gasteiger partial charge in [0.25, 0.3) is 11.5 Å². The van der Waals surface area contributed by atoms with Crippen LogP contribution in [0.2, 0.25) is 5.02 Å². The monoisotopic (exact) mass is 642 g/mol. The van der Waals surface area contributed by atoms with E-state index < -0.39 is 17.3 Å². The number of carbonyl (C=O) groups is 1. The molecule has 12 heteroatoms. The summed E-state index contributed by atoms with van der Waals surface area (Å²) in [6.45, 7) is 7.00. The standard InChI is InChI=1S/C32H30ClF3N4O3S/c1-4-43-28-27(15-22(33)17-37-28)40-26(14-19(2)3)23(30(41)39-12-6-5-7-13-39)16-24(31(40)42)29-38-25(18-44-29)20-8-10-21(11-9-20)32(34,35)36/h8-11,14-18H,4-7,12-13H2,1-3H3. The Bertz CT molecular complexity index is 1770. The van der Waals surface area contributed by atoms with Gasteiger partial charge in [0.1, 0.15) is 10.7 Å². The summed E-state index contributed by atoms with van der Waals surface area (Å²) in [7, 11) is 0. The van der Waals surface area contributed by atoms with Crippen LogP contribution in [0.1, 0.15) is 61.6 Å². The highest BCUT2D eigenvalue weighted by atomic mass is 35.5. The van der Waals surface area contributed by atoms with E-state index >= 15 is 0 Å². The number of alkyl halides is 3. The first kappa shape index (κ1) is 31.5. The molecule has 3 aromatic heterocycles. The van der Waals surface area contributed by atoms with Gasteiger partial charge in [0.05, 0.1) is 39.7 Å². The Morgan fingerprint density at radius 1 is 1.11 bits per heavy atom. The SMILES string of the molecule is CCOc1ncc(Cl)cc1-n1c(C=C(C)C)c(C(=O)N2CCCCC2)cc(-c2nc(-c3ccc(C(F)(F)F)cc3)cs2)c1=O. The number of allylic oxidation sites excluding steroid dienone is 1. The zero-order chi connectivity index (χ0) is 31.6. The second-order valence-corrected chi connectivity index (χ2v) is 11.9. The summed E-state index contributed by atoms with van der Waals surface area (Å²) < 4.78 is 46.5. The lowest BCUT2D eigenvalue weighted by Crippen LogP contribution is -2.37. The molecule has 1 aliphatic rings. The Labute approximate surface area is 261 Å². The summed E-state index contributed by atoms with van der Waals surface area (Å²) in [5, 5.41) is 2.25. The number of carbonyl (C=O) groups excluding carboxylic acids is 1. The number of piperidine rings is 1. The third-order valence-electron chi connectivity index (χ3n) is 7.10. The number of likely N-dealkylation sites (tertiary alicyclic amines) is 1. The summed E-state index contributed by atoms with van der Waals surface area (Å²) in [5.41, 5.74) is 1.56. The number of hydrogen-bond acceptors (Lipinski definition) is 6. The van der Waals surface area contributed by atoms with Crippen LogP contribution in [0.15, 0.2) is 58.3 Å². The van der Waals surface area contributed by atoms with Gasteiger partial charge in [-0.05, 0) is 70.4 Å². The van der Waals surface area contributed by atoms with Crippen LogP contribution in [0.4, 0.5) is 13.2 Å². The van der Waals surface area contributed by atoms with Crippen molar-refractivity contribution in [1.29, 1.82) is 0 Å². The van der Waals surface area contributed by atoms with Crippen molar-refractivity contribution in [3.8, 4) is 33.4 Å². The van der Waals surface area contributed by atoms with Crippen LogP contribution in [0, 0.1) is 0 Å². The van der Waals surface area contributed by atoms with Crippen molar-refractivity contribution < 1.29 is 22.7 Å². The second-order valence-electron chi connectivity index (χ2n) is 10.6. The molecule has 0 spiro atoms. The van der Waals surface area contributed by atoms with Crippen LogP contribution in [-0.2, 0) is 6.18 Å². The number of thiazole rings is 1. The largest absolute Gasteiger partial charge is 0.476 e. The van der Waals surface area contributed by atoms with Gasteiger partial charge in [-0.1, -0.05) is 29.3 Å². The highest BCUT2D eigenvalue weighted by molar-refractivity contribution is 7.13. The lowest BCUT2D eigenvalue weighted by atomic mass is 10.0. The van der Waals surface area contributed by atoms with Gasteiger partial charge in [-0.2, -0.15) is 13.2 Å². The summed E-state index contributed by atoms with van der Waals surface area (Å²) in [4.78, 5) is 39.2. The van der Waals surface area contributed by atoms with Crippen molar-refractivity contribution in [2.45, 2.75) is 46.2 Å². The average molecular weight is 643 g/mol. The molecule has 230 valence electrons. The number of pyridine rings is 2. The number of benzene rings is 1. The number of hydrogen-bond donors (Lipinski definition) is 0. The van der Waals surface area contributed by atoms with E-state index in [1.165, 1.54) is 22.9 Å². The Morgan fingerprint density at radius 2 is 1.82 bits per heavy atom. The smallest absolute Gasteiger partial charge is 0.416 e. The molecule has 7 nitrogen and oxygen atoms in total. The second kappa shape index (κ2) is 13.0. The highest BCUT2D eigenvalue weighted by Crippen LogP contribution is 2.34. The van der Waals surface area contributed by atoms with Crippen LogP contribution >= 0.6 is 22.9 Å². The van der Waals surface area contributed by atoms with Gasteiger partial charge < -0.3 is 9.64 Å². The molecule has 1 saturated heterocycles. The number of halogens is 4. The summed E-state index contributed by atoms with van der Waals surface area (Å²) >= 11 is 7.52. The average Bonchev–Trinajstić information content (AvgIpc) is 3.48. The minimum atomic E-state index is -4.46. The zero-order valence-electron chi connectivity index (χ0n) is 24.4. The molecule has 0 saturated carbocycles.